The lowest BCUT2D eigenvalue weighted by Gasteiger charge is -2.16. The molecular formula is C14H19ClO2. The molecule has 0 aliphatic rings. The molecule has 1 aromatic carbocycles. The zero-order valence-electron chi connectivity index (χ0n) is 10.9. The minimum Gasteiger partial charge on any atom is -0.493 e. The van der Waals surface area contributed by atoms with E-state index in [0.717, 1.165) is 17.5 Å². The van der Waals surface area contributed by atoms with Crippen molar-refractivity contribution in [2.75, 3.05) is 6.61 Å². The number of benzene rings is 1. The van der Waals surface area contributed by atoms with E-state index in [9.17, 15) is 4.79 Å². The Morgan fingerprint density at radius 2 is 2.00 bits per heavy atom. The fraction of sp³-hybridized carbons (Fsp3) is 0.500. The standard InChI is InChI=1S/C14H19ClO2/c1-5-7-12(16)13-10(4)11(15)8-9(3)14(13)17-6-2/h8H,5-7H2,1-4H3. The third-order valence-electron chi connectivity index (χ3n) is 2.71. The summed E-state index contributed by atoms with van der Waals surface area (Å²) < 4.78 is 5.59. The van der Waals surface area contributed by atoms with E-state index in [0.29, 0.717) is 29.4 Å². The van der Waals surface area contributed by atoms with Crippen LogP contribution in [0.1, 0.15) is 48.2 Å². The Morgan fingerprint density at radius 1 is 1.35 bits per heavy atom. The lowest BCUT2D eigenvalue weighted by molar-refractivity contribution is 0.0977. The molecule has 0 unspecified atom stereocenters. The zero-order chi connectivity index (χ0) is 13.0. The van der Waals surface area contributed by atoms with Crippen molar-refractivity contribution in [2.45, 2.75) is 40.5 Å². The van der Waals surface area contributed by atoms with Gasteiger partial charge in [-0.25, -0.2) is 0 Å². The second-order valence-corrected chi connectivity index (χ2v) is 4.52. The topological polar surface area (TPSA) is 26.3 Å². The average Bonchev–Trinajstić information content (AvgIpc) is 2.26. The van der Waals surface area contributed by atoms with Gasteiger partial charge in [-0.15, -0.1) is 0 Å². The first-order valence-electron chi connectivity index (χ1n) is 5.98. The number of carbonyl (C=O) groups is 1. The Kier molecular flexibility index (Phi) is 5.01. The van der Waals surface area contributed by atoms with E-state index in [-0.39, 0.29) is 5.78 Å². The maximum Gasteiger partial charge on any atom is 0.166 e. The predicted octanol–water partition coefficient (Wildman–Crippen LogP) is 4.34. The Morgan fingerprint density at radius 3 is 2.53 bits per heavy atom. The lowest BCUT2D eigenvalue weighted by Crippen LogP contribution is -2.08. The molecule has 0 saturated carbocycles. The third kappa shape index (κ3) is 3.01. The number of ketones is 1. The summed E-state index contributed by atoms with van der Waals surface area (Å²) in [5.74, 6) is 0.798. The maximum absolute atomic E-state index is 12.1. The summed E-state index contributed by atoms with van der Waals surface area (Å²) >= 11 is 6.13. The molecule has 0 spiro atoms. The van der Waals surface area contributed by atoms with E-state index in [4.69, 9.17) is 16.3 Å². The van der Waals surface area contributed by atoms with Gasteiger partial charge >= 0.3 is 0 Å². The molecule has 0 aliphatic carbocycles. The van der Waals surface area contributed by atoms with Gasteiger partial charge < -0.3 is 4.74 Å². The van der Waals surface area contributed by atoms with E-state index >= 15 is 0 Å². The molecule has 1 rings (SSSR count). The SMILES string of the molecule is CCCC(=O)c1c(C)c(Cl)cc(C)c1OCC. The van der Waals surface area contributed by atoms with E-state index in [2.05, 4.69) is 0 Å². The van der Waals surface area contributed by atoms with Crippen molar-refractivity contribution in [1.29, 1.82) is 0 Å². The van der Waals surface area contributed by atoms with Gasteiger partial charge in [0.05, 0.1) is 12.2 Å². The number of hydrogen-bond donors (Lipinski definition) is 0. The van der Waals surface area contributed by atoms with Gasteiger partial charge in [0.25, 0.3) is 0 Å². The Labute approximate surface area is 108 Å². The molecule has 1 aromatic rings. The van der Waals surface area contributed by atoms with Crippen LogP contribution in [0.4, 0.5) is 0 Å². The molecule has 0 heterocycles. The Hall–Kier alpha value is -1.02. The molecule has 2 nitrogen and oxygen atoms in total. The number of halogens is 1. The molecule has 17 heavy (non-hydrogen) atoms. The molecule has 0 aromatic heterocycles. The van der Waals surface area contributed by atoms with Crippen molar-refractivity contribution in [3.05, 3.63) is 27.8 Å². The second kappa shape index (κ2) is 6.06. The van der Waals surface area contributed by atoms with Crippen molar-refractivity contribution in [3.63, 3.8) is 0 Å². The van der Waals surface area contributed by atoms with Crippen LogP contribution in [-0.2, 0) is 0 Å². The largest absolute Gasteiger partial charge is 0.493 e. The summed E-state index contributed by atoms with van der Waals surface area (Å²) in [4.78, 5) is 12.1. The van der Waals surface area contributed by atoms with E-state index in [1.54, 1.807) is 0 Å². The van der Waals surface area contributed by atoms with Crippen molar-refractivity contribution >= 4 is 17.4 Å². The number of hydrogen-bond acceptors (Lipinski definition) is 2. The van der Waals surface area contributed by atoms with Crippen LogP contribution in [0.5, 0.6) is 5.75 Å². The van der Waals surface area contributed by atoms with Crippen molar-refractivity contribution in [3.8, 4) is 5.75 Å². The molecule has 0 fully saturated rings. The number of carbonyl (C=O) groups excluding carboxylic acids is 1. The van der Waals surface area contributed by atoms with E-state index < -0.39 is 0 Å². The van der Waals surface area contributed by atoms with Gasteiger partial charge in [-0.1, -0.05) is 18.5 Å². The zero-order valence-corrected chi connectivity index (χ0v) is 11.6. The average molecular weight is 255 g/mol. The van der Waals surface area contributed by atoms with Gasteiger partial charge in [-0.05, 0) is 44.4 Å². The summed E-state index contributed by atoms with van der Waals surface area (Å²) in [6, 6.07) is 1.85. The molecule has 0 atom stereocenters. The van der Waals surface area contributed by atoms with Gasteiger partial charge in [-0.3, -0.25) is 4.79 Å². The normalized spacial score (nSPS) is 10.4. The molecule has 0 saturated heterocycles. The monoisotopic (exact) mass is 254 g/mol. The lowest BCUT2D eigenvalue weighted by atomic mass is 9.97. The maximum atomic E-state index is 12.1. The van der Waals surface area contributed by atoms with Crippen LogP contribution in [0, 0.1) is 13.8 Å². The van der Waals surface area contributed by atoms with Crippen molar-refractivity contribution < 1.29 is 9.53 Å². The highest BCUT2D eigenvalue weighted by molar-refractivity contribution is 6.32. The first kappa shape index (κ1) is 14.0. The van der Waals surface area contributed by atoms with Crippen LogP contribution in [-0.4, -0.2) is 12.4 Å². The summed E-state index contributed by atoms with van der Waals surface area (Å²) in [5, 5.41) is 0.630. The predicted molar refractivity (Wildman–Crippen MR) is 71.3 cm³/mol. The molecular weight excluding hydrogens is 236 g/mol. The van der Waals surface area contributed by atoms with Crippen molar-refractivity contribution in [2.24, 2.45) is 0 Å². The van der Waals surface area contributed by atoms with Crippen molar-refractivity contribution in [1.82, 2.24) is 0 Å². The molecule has 0 N–H and O–H groups in total. The van der Waals surface area contributed by atoms with Crippen LogP contribution in [0.3, 0.4) is 0 Å². The van der Waals surface area contributed by atoms with E-state index in [1.807, 2.05) is 33.8 Å². The first-order valence-corrected chi connectivity index (χ1v) is 6.36. The number of aryl methyl sites for hydroxylation is 1. The number of Topliss-reactive ketones (excluding diaryl/α,β-unsaturated/α-hetero) is 1. The van der Waals surface area contributed by atoms with E-state index in [1.165, 1.54) is 0 Å². The molecule has 0 amide bonds. The third-order valence-corrected chi connectivity index (χ3v) is 3.10. The van der Waals surface area contributed by atoms with Crippen LogP contribution >= 0.6 is 11.6 Å². The van der Waals surface area contributed by atoms with Crippen LogP contribution < -0.4 is 4.74 Å². The van der Waals surface area contributed by atoms with Crippen LogP contribution in [0.2, 0.25) is 5.02 Å². The smallest absolute Gasteiger partial charge is 0.166 e. The molecule has 0 radical (unpaired) electrons. The highest BCUT2D eigenvalue weighted by atomic mass is 35.5. The minimum atomic E-state index is 0.110. The molecule has 3 heteroatoms. The fourth-order valence-corrected chi connectivity index (χ4v) is 2.13. The number of ether oxygens (including phenoxy) is 1. The van der Waals surface area contributed by atoms with Gasteiger partial charge in [0, 0.05) is 11.4 Å². The Bertz CT molecular complexity index is 425. The Balaban J connectivity index is 3.36. The van der Waals surface area contributed by atoms with Crippen LogP contribution in [0.25, 0.3) is 0 Å². The highest BCUT2D eigenvalue weighted by Gasteiger charge is 2.19. The highest BCUT2D eigenvalue weighted by Crippen LogP contribution is 2.33. The van der Waals surface area contributed by atoms with Gasteiger partial charge in [0.1, 0.15) is 5.75 Å². The number of rotatable bonds is 5. The quantitative estimate of drug-likeness (QED) is 0.731. The summed E-state index contributed by atoms with van der Waals surface area (Å²) in [6.07, 6.45) is 1.36. The fourth-order valence-electron chi connectivity index (χ4n) is 1.87. The van der Waals surface area contributed by atoms with Gasteiger partial charge in [0.15, 0.2) is 5.78 Å². The summed E-state index contributed by atoms with van der Waals surface area (Å²) in [6.45, 7) is 8.24. The molecule has 0 bridgehead atoms. The molecule has 0 aliphatic heterocycles. The van der Waals surface area contributed by atoms with Gasteiger partial charge in [0.2, 0.25) is 0 Å². The second-order valence-electron chi connectivity index (χ2n) is 4.11. The minimum absolute atomic E-state index is 0.110. The van der Waals surface area contributed by atoms with Gasteiger partial charge in [-0.2, -0.15) is 0 Å². The van der Waals surface area contributed by atoms with Crippen LogP contribution in [0.15, 0.2) is 6.07 Å². The first-order chi connectivity index (χ1) is 8.02. The summed E-state index contributed by atoms with van der Waals surface area (Å²) in [7, 11) is 0. The summed E-state index contributed by atoms with van der Waals surface area (Å²) in [5.41, 5.74) is 2.39. The molecule has 94 valence electrons.